The van der Waals surface area contributed by atoms with Gasteiger partial charge in [0.05, 0.1) is 0 Å². The minimum atomic E-state index is -0.121. The van der Waals surface area contributed by atoms with E-state index < -0.39 is 0 Å². The van der Waals surface area contributed by atoms with Gasteiger partial charge in [-0.15, -0.1) is 0 Å². The number of hydrogen-bond acceptors (Lipinski definition) is 1. The molecule has 0 heterocycles. The maximum atomic E-state index is 12.8. The van der Waals surface area contributed by atoms with E-state index in [4.69, 9.17) is 0 Å². The number of allylic oxidation sites excluding steroid dienone is 6. The summed E-state index contributed by atoms with van der Waals surface area (Å²) in [5, 5.41) is 0. The molecular weight excluding hydrogens is 220 g/mol. The Labute approximate surface area is 110 Å². The Morgan fingerprint density at radius 3 is 2.44 bits per heavy atom. The van der Waals surface area contributed by atoms with Crippen LogP contribution in [-0.4, -0.2) is 5.78 Å². The fourth-order valence-electron chi connectivity index (χ4n) is 4.08. The first kappa shape index (κ1) is 12.0. The molecule has 0 amide bonds. The molecule has 0 N–H and O–H groups in total. The van der Waals surface area contributed by atoms with Gasteiger partial charge in [-0.05, 0) is 43.1 Å². The summed E-state index contributed by atoms with van der Waals surface area (Å²) in [6.07, 6.45) is 9.73. The van der Waals surface area contributed by atoms with E-state index in [2.05, 4.69) is 45.9 Å². The van der Waals surface area contributed by atoms with Gasteiger partial charge in [-0.25, -0.2) is 0 Å². The van der Waals surface area contributed by atoms with Crippen LogP contribution in [0.4, 0.5) is 0 Å². The molecule has 0 aliphatic heterocycles. The molecule has 0 spiro atoms. The molecule has 3 aliphatic rings. The Morgan fingerprint density at radius 2 is 1.94 bits per heavy atom. The SMILES string of the molecule is CC1=CCC(=C2C(=O)C3(C)CCC2C3(C)C)C=C1. The minimum absolute atomic E-state index is 0.121. The van der Waals surface area contributed by atoms with Crippen LogP contribution in [0.5, 0.6) is 0 Å². The van der Waals surface area contributed by atoms with Crippen molar-refractivity contribution < 1.29 is 4.79 Å². The molecule has 0 aromatic rings. The van der Waals surface area contributed by atoms with Gasteiger partial charge >= 0.3 is 0 Å². The molecule has 0 aromatic carbocycles. The van der Waals surface area contributed by atoms with Crippen LogP contribution in [-0.2, 0) is 4.79 Å². The lowest BCUT2D eigenvalue weighted by atomic mass is 9.70. The Hall–Kier alpha value is -1.11. The first-order valence-corrected chi connectivity index (χ1v) is 7.00. The summed E-state index contributed by atoms with van der Waals surface area (Å²) < 4.78 is 0. The smallest absolute Gasteiger partial charge is 0.165 e. The lowest BCUT2D eigenvalue weighted by molar-refractivity contribution is -0.125. The maximum absolute atomic E-state index is 12.8. The maximum Gasteiger partial charge on any atom is 0.165 e. The quantitative estimate of drug-likeness (QED) is 0.581. The molecule has 0 aromatic heterocycles. The van der Waals surface area contributed by atoms with Crippen LogP contribution in [0.25, 0.3) is 0 Å². The zero-order chi connectivity index (χ0) is 13.1. The topological polar surface area (TPSA) is 17.1 Å². The van der Waals surface area contributed by atoms with Crippen molar-refractivity contribution in [1.82, 2.24) is 0 Å². The molecule has 0 saturated heterocycles. The standard InChI is InChI=1S/C17H22O/c1-11-5-7-12(8-6-11)14-13-9-10-17(4,15(14)18)16(13,2)3/h5-7,13H,8-10H2,1-4H3. The van der Waals surface area contributed by atoms with Crippen LogP contribution >= 0.6 is 0 Å². The van der Waals surface area contributed by atoms with Gasteiger partial charge in [0.2, 0.25) is 0 Å². The van der Waals surface area contributed by atoms with Gasteiger partial charge in [-0.3, -0.25) is 4.79 Å². The van der Waals surface area contributed by atoms with Crippen LogP contribution in [0.1, 0.15) is 47.0 Å². The van der Waals surface area contributed by atoms with Crippen molar-refractivity contribution in [2.45, 2.75) is 47.0 Å². The average molecular weight is 242 g/mol. The Kier molecular flexibility index (Phi) is 2.30. The molecule has 2 fully saturated rings. The van der Waals surface area contributed by atoms with Crippen molar-refractivity contribution in [3.63, 3.8) is 0 Å². The normalized spacial score (nSPS) is 41.4. The van der Waals surface area contributed by atoms with E-state index in [1.807, 2.05) is 0 Å². The molecule has 96 valence electrons. The predicted octanol–water partition coefficient (Wildman–Crippen LogP) is 4.21. The number of hydrogen-bond donors (Lipinski definition) is 0. The average Bonchev–Trinajstić information content (AvgIpc) is 2.63. The molecule has 1 nitrogen and oxygen atoms in total. The van der Waals surface area contributed by atoms with E-state index in [0.29, 0.717) is 11.7 Å². The third-order valence-electron chi connectivity index (χ3n) is 5.86. The molecule has 1 heteroatoms. The summed E-state index contributed by atoms with van der Waals surface area (Å²) in [5.74, 6) is 0.901. The molecule has 3 rings (SSSR count). The van der Waals surface area contributed by atoms with Crippen LogP contribution in [0.3, 0.4) is 0 Å². The lowest BCUT2D eigenvalue weighted by Gasteiger charge is -2.31. The summed E-state index contributed by atoms with van der Waals surface area (Å²) in [6.45, 7) is 8.86. The summed E-state index contributed by atoms with van der Waals surface area (Å²) in [6, 6.07) is 0. The molecule has 2 saturated carbocycles. The second kappa shape index (κ2) is 3.46. The van der Waals surface area contributed by atoms with Crippen LogP contribution in [0.2, 0.25) is 0 Å². The van der Waals surface area contributed by atoms with E-state index in [1.165, 1.54) is 17.6 Å². The van der Waals surface area contributed by atoms with Gasteiger partial charge in [0.1, 0.15) is 0 Å². The van der Waals surface area contributed by atoms with Crippen molar-refractivity contribution in [3.8, 4) is 0 Å². The molecule has 2 bridgehead atoms. The van der Waals surface area contributed by atoms with Crippen LogP contribution in [0.15, 0.2) is 34.9 Å². The first-order chi connectivity index (χ1) is 8.38. The van der Waals surface area contributed by atoms with Gasteiger partial charge in [0, 0.05) is 11.0 Å². The number of Topliss-reactive ketones (excluding diaryl/α,β-unsaturated/α-hetero) is 1. The lowest BCUT2D eigenvalue weighted by Crippen LogP contribution is -2.32. The first-order valence-electron chi connectivity index (χ1n) is 7.00. The van der Waals surface area contributed by atoms with E-state index in [0.717, 1.165) is 18.4 Å². The summed E-state index contributed by atoms with van der Waals surface area (Å²) >= 11 is 0. The number of fused-ring (bicyclic) bond motifs is 2. The summed E-state index contributed by atoms with van der Waals surface area (Å²) in [4.78, 5) is 12.8. The van der Waals surface area contributed by atoms with Crippen molar-refractivity contribution in [3.05, 3.63) is 34.9 Å². The number of carbonyl (C=O) groups excluding carboxylic acids is 1. The Bertz CT molecular complexity index is 516. The monoisotopic (exact) mass is 242 g/mol. The Balaban J connectivity index is 2.10. The van der Waals surface area contributed by atoms with E-state index >= 15 is 0 Å². The van der Waals surface area contributed by atoms with E-state index in [1.54, 1.807) is 0 Å². The van der Waals surface area contributed by atoms with E-state index in [9.17, 15) is 4.79 Å². The Morgan fingerprint density at radius 1 is 1.22 bits per heavy atom. The van der Waals surface area contributed by atoms with Gasteiger partial charge in [0.15, 0.2) is 5.78 Å². The number of rotatable bonds is 0. The third-order valence-corrected chi connectivity index (χ3v) is 5.86. The van der Waals surface area contributed by atoms with Crippen molar-refractivity contribution in [2.24, 2.45) is 16.7 Å². The molecular formula is C17H22O. The van der Waals surface area contributed by atoms with Crippen molar-refractivity contribution in [2.75, 3.05) is 0 Å². The second-order valence-electron chi connectivity index (χ2n) is 6.90. The highest BCUT2D eigenvalue weighted by molar-refractivity contribution is 6.05. The molecule has 18 heavy (non-hydrogen) atoms. The molecule has 0 radical (unpaired) electrons. The highest BCUT2D eigenvalue weighted by Gasteiger charge is 2.64. The predicted molar refractivity (Wildman–Crippen MR) is 74.2 cm³/mol. The summed E-state index contributed by atoms with van der Waals surface area (Å²) in [5.41, 5.74) is 3.74. The largest absolute Gasteiger partial charge is 0.294 e. The van der Waals surface area contributed by atoms with Gasteiger partial charge in [-0.2, -0.15) is 0 Å². The molecule has 2 unspecified atom stereocenters. The fourth-order valence-corrected chi connectivity index (χ4v) is 4.08. The van der Waals surface area contributed by atoms with E-state index in [-0.39, 0.29) is 10.8 Å². The number of ketones is 1. The van der Waals surface area contributed by atoms with Crippen molar-refractivity contribution in [1.29, 1.82) is 0 Å². The van der Waals surface area contributed by atoms with Crippen LogP contribution in [0, 0.1) is 16.7 Å². The highest BCUT2D eigenvalue weighted by atomic mass is 16.1. The number of carbonyl (C=O) groups is 1. The fraction of sp³-hybridized carbons (Fsp3) is 0.588. The van der Waals surface area contributed by atoms with Crippen LogP contribution < -0.4 is 0 Å². The second-order valence-corrected chi connectivity index (χ2v) is 6.90. The minimum Gasteiger partial charge on any atom is -0.294 e. The third kappa shape index (κ3) is 1.25. The van der Waals surface area contributed by atoms with Crippen molar-refractivity contribution >= 4 is 5.78 Å². The van der Waals surface area contributed by atoms with Gasteiger partial charge in [-0.1, -0.05) is 44.6 Å². The molecule has 3 aliphatic carbocycles. The zero-order valence-corrected chi connectivity index (χ0v) is 11.8. The van der Waals surface area contributed by atoms with Gasteiger partial charge in [0.25, 0.3) is 0 Å². The van der Waals surface area contributed by atoms with Gasteiger partial charge < -0.3 is 0 Å². The zero-order valence-electron chi connectivity index (χ0n) is 11.8. The molecule has 2 atom stereocenters. The summed E-state index contributed by atoms with van der Waals surface area (Å²) in [7, 11) is 0. The highest BCUT2D eigenvalue weighted by Crippen LogP contribution is 2.66.